The third-order valence-electron chi connectivity index (χ3n) is 4.43. The molecular weight excluding hydrogens is 364 g/mol. The molecule has 6 heteroatoms. The molecule has 0 atom stereocenters. The lowest BCUT2D eigenvalue weighted by Crippen LogP contribution is -2.39. The topological polar surface area (TPSA) is 74.8 Å². The molecule has 0 radical (unpaired) electrons. The number of carbonyl (C=O) groups is 1. The Morgan fingerprint density at radius 2 is 1.76 bits per heavy atom. The Hall–Kier alpha value is -3.02. The van der Waals surface area contributed by atoms with Crippen molar-refractivity contribution in [3.05, 3.63) is 65.2 Å². The van der Waals surface area contributed by atoms with Crippen molar-refractivity contribution in [2.75, 3.05) is 33.3 Å². The number of amides is 1. The molecule has 0 aliphatic rings. The molecule has 0 bridgehead atoms. The number of aliphatic imine (C=N–C) groups is 1. The molecule has 0 saturated carbocycles. The Morgan fingerprint density at radius 3 is 2.48 bits per heavy atom. The zero-order valence-corrected chi connectivity index (χ0v) is 17.6. The maximum Gasteiger partial charge on any atom is 0.241 e. The quantitative estimate of drug-likeness (QED) is 0.426. The number of benzene rings is 2. The first-order valence-electron chi connectivity index (χ1n) is 10.1. The SMILES string of the molecule is CCNC(=NCC(=O)NCCc1ccccc1)NCCc1cc(C)ccc1OC. The molecule has 2 aromatic rings. The third-order valence-corrected chi connectivity index (χ3v) is 4.43. The highest BCUT2D eigenvalue weighted by molar-refractivity contribution is 5.84. The molecule has 1 amide bonds. The summed E-state index contributed by atoms with van der Waals surface area (Å²) in [5, 5.41) is 9.37. The maximum atomic E-state index is 12.1. The second kappa shape index (κ2) is 12.4. The minimum atomic E-state index is -0.0847. The monoisotopic (exact) mass is 396 g/mol. The van der Waals surface area contributed by atoms with Crippen LogP contribution in [0.3, 0.4) is 0 Å². The van der Waals surface area contributed by atoms with Gasteiger partial charge in [0.2, 0.25) is 5.91 Å². The van der Waals surface area contributed by atoms with Gasteiger partial charge in [0.1, 0.15) is 12.3 Å². The van der Waals surface area contributed by atoms with E-state index in [1.807, 2.05) is 37.3 Å². The van der Waals surface area contributed by atoms with Crippen LogP contribution in [0.5, 0.6) is 5.75 Å². The molecule has 0 unspecified atom stereocenters. The summed E-state index contributed by atoms with van der Waals surface area (Å²) >= 11 is 0. The molecule has 2 aromatic carbocycles. The van der Waals surface area contributed by atoms with Crippen LogP contribution >= 0.6 is 0 Å². The summed E-state index contributed by atoms with van der Waals surface area (Å²) in [6, 6.07) is 16.3. The van der Waals surface area contributed by atoms with Crippen LogP contribution in [-0.4, -0.2) is 45.2 Å². The molecule has 3 N–H and O–H groups in total. The highest BCUT2D eigenvalue weighted by Crippen LogP contribution is 2.19. The summed E-state index contributed by atoms with van der Waals surface area (Å²) in [5.41, 5.74) is 3.56. The summed E-state index contributed by atoms with van der Waals surface area (Å²) < 4.78 is 5.43. The highest BCUT2D eigenvalue weighted by atomic mass is 16.5. The van der Waals surface area contributed by atoms with E-state index >= 15 is 0 Å². The van der Waals surface area contributed by atoms with Crippen molar-refractivity contribution in [3.63, 3.8) is 0 Å². The molecule has 0 aliphatic carbocycles. The van der Waals surface area contributed by atoms with Gasteiger partial charge in [-0.15, -0.1) is 0 Å². The second-order valence-corrected chi connectivity index (χ2v) is 6.77. The van der Waals surface area contributed by atoms with Crippen molar-refractivity contribution in [2.45, 2.75) is 26.7 Å². The molecule has 0 spiro atoms. The zero-order valence-electron chi connectivity index (χ0n) is 17.6. The van der Waals surface area contributed by atoms with Crippen LogP contribution in [0.2, 0.25) is 0 Å². The molecular formula is C23H32N4O2. The molecule has 2 rings (SSSR count). The Kier molecular flexibility index (Phi) is 9.55. The van der Waals surface area contributed by atoms with Gasteiger partial charge in [-0.3, -0.25) is 4.79 Å². The molecule has 6 nitrogen and oxygen atoms in total. The van der Waals surface area contributed by atoms with Gasteiger partial charge in [-0.1, -0.05) is 48.0 Å². The van der Waals surface area contributed by atoms with Crippen molar-refractivity contribution in [3.8, 4) is 5.75 Å². The third kappa shape index (κ3) is 8.25. The molecule has 0 heterocycles. The number of ether oxygens (including phenoxy) is 1. The van der Waals surface area contributed by atoms with Crippen LogP contribution < -0.4 is 20.7 Å². The highest BCUT2D eigenvalue weighted by Gasteiger charge is 2.05. The van der Waals surface area contributed by atoms with E-state index in [2.05, 4.69) is 46.1 Å². The number of nitrogens with one attached hydrogen (secondary N) is 3. The van der Waals surface area contributed by atoms with Crippen LogP contribution in [0, 0.1) is 6.92 Å². The molecule has 0 saturated heterocycles. The lowest BCUT2D eigenvalue weighted by atomic mass is 10.1. The first-order valence-corrected chi connectivity index (χ1v) is 10.1. The maximum absolute atomic E-state index is 12.1. The van der Waals surface area contributed by atoms with Gasteiger partial charge in [0.05, 0.1) is 7.11 Å². The van der Waals surface area contributed by atoms with Crippen LogP contribution in [0.25, 0.3) is 0 Å². The van der Waals surface area contributed by atoms with Crippen molar-refractivity contribution in [1.82, 2.24) is 16.0 Å². The fourth-order valence-corrected chi connectivity index (χ4v) is 2.96. The van der Waals surface area contributed by atoms with Crippen LogP contribution in [-0.2, 0) is 17.6 Å². The first kappa shape index (κ1) is 22.3. The molecule has 0 aromatic heterocycles. The van der Waals surface area contributed by atoms with Gasteiger partial charge >= 0.3 is 0 Å². The van der Waals surface area contributed by atoms with Gasteiger partial charge in [-0.25, -0.2) is 4.99 Å². The molecule has 0 fully saturated rings. The predicted octanol–water partition coefficient (Wildman–Crippen LogP) is 2.46. The fourth-order valence-electron chi connectivity index (χ4n) is 2.96. The summed E-state index contributed by atoms with van der Waals surface area (Å²) in [5.74, 6) is 1.44. The molecule has 156 valence electrons. The molecule has 0 aliphatic heterocycles. The number of nitrogens with zero attached hydrogens (tertiary/aromatic N) is 1. The van der Waals surface area contributed by atoms with E-state index in [0.717, 1.165) is 30.7 Å². The van der Waals surface area contributed by atoms with Crippen LogP contribution in [0.15, 0.2) is 53.5 Å². The fraction of sp³-hybridized carbons (Fsp3) is 0.391. The van der Waals surface area contributed by atoms with E-state index in [1.165, 1.54) is 11.1 Å². The van der Waals surface area contributed by atoms with Gasteiger partial charge < -0.3 is 20.7 Å². The van der Waals surface area contributed by atoms with Crippen molar-refractivity contribution in [1.29, 1.82) is 0 Å². The van der Waals surface area contributed by atoms with E-state index < -0.39 is 0 Å². The summed E-state index contributed by atoms with van der Waals surface area (Å²) in [6.45, 7) is 6.20. The number of rotatable bonds is 10. The van der Waals surface area contributed by atoms with Gasteiger partial charge in [0.25, 0.3) is 0 Å². The van der Waals surface area contributed by atoms with Gasteiger partial charge in [-0.05, 0) is 43.9 Å². The lowest BCUT2D eigenvalue weighted by Gasteiger charge is -2.13. The number of carbonyl (C=O) groups excluding carboxylic acids is 1. The summed E-state index contributed by atoms with van der Waals surface area (Å²) in [4.78, 5) is 16.4. The van der Waals surface area contributed by atoms with Crippen LogP contribution in [0.4, 0.5) is 0 Å². The Morgan fingerprint density at radius 1 is 1.00 bits per heavy atom. The average Bonchev–Trinajstić information content (AvgIpc) is 2.73. The Labute approximate surface area is 173 Å². The van der Waals surface area contributed by atoms with Gasteiger partial charge in [-0.2, -0.15) is 0 Å². The zero-order chi connectivity index (χ0) is 20.9. The van der Waals surface area contributed by atoms with Gasteiger partial charge in [0.15, 0.2) is 5.96 Å². The van der Waals surface area contributed by atoms with E-state index in [0.29, 0.717) is 19.0 Å². The minimum absolute atomic E-state index is 0.0847. The standard InChI is InChI=1S/C23H32N4O2/c1-4-24-23(26-15-13-20-16-18(2)10-11-21(20)29-3)27-17-22(28)25-14-12-19-8-6-5-7-9-19/h5-11,16H,4,12-15,17H2,1-3H3,(H,25,28)(H2,24,26,27). The second-order valence-electron chi connectivity index (χ2n) is 6.77. The van der Waals surface area contributed by atoms with E-state index in [9.17, 15) is 4.79 Å². The summed E-state index contributed by atoms with van der Waals surface area (Å²) in [6.07, 6.45) is 1.62. The largest absolute Gasteiger partial charge is 0.496 e. The van der Waals surface area contributed by atoms with Gasteiger partial charge in [0, 0.05) is 19.6 Å². The predicted molar refractivity (Wildman–Crippen MR) is 119 cm³/mol. The smallest absolute Gasteiger partial charge is 0.241 e. The van der Waals surface area contributed by atoms with Crippen molar-refractivity contribution < 1.29 is 9.53 Å². The van der Waals surface area contributed by atoms with E-state index in [4.69, 9.17) is 4.74 Å². The van der Waals surface area contributed by atoms with Crippen LogP contribution in [0.1, 0.15) is 23.6 Å². The normalized spacial score (nSPS) is 11.1. The number of guanidine groups is 1. The lowest BCUT2D eigenvalue weighted by molar-refractivity contribution is -0.119. The Bertz CT molecular complexity index is 791. The number of aryl methyl sites for hydroxylation is 1. The minimum Gasteiger partial charge on any atom is -0.496 e. The van der Waals surface area contributed by atoms with E-state index in [-0.39, 0.29) is 12.5 Å². The number of hydrogen-bond acceptors (Lipinski definition) is 3. The first-order chi connectivity index (χ1) is 14.1. The number of methoxy groups -OCH3 is 1. The Balaban J connectivity index is 1.78. The number of hydrogen-bond donors (Lipinski definition) is 3. The summed E-state index contributed by atoms with van der Waals surface area (Å²) in [7, 11) is 1.68. The average molecular weight is 397 g/mol. The van der Waals surface area contributed by atoms with Crippen molar-refractivity contribution >= 4 is 11.9 Å². The van der Waals surface area contributed by atoms with E-state index in [1.54, 1.807) is 7.11 Å². The molecule has 29 heavy (non-hydrogen) atoms. The van der Waals surface area contributed by atoms with Crippen molar-refractivity contribution in [2.24, 2.45) is 4.99 Å².